The predicted octanol–water partition coefficient (Wildman–Crippen LogP) is 6.45. The summed E-state index contributed by atoms with van der Waals surface area (Å²) in [6.45, 7) is 5.75. The van der Waals surface area contributed by atoms with Crippen molar-refractivity contribution >= 4 is 34.1 Å². The third-order valence-corrected chi connectivity index (χ3v) is 7.70. The van der Waals surface area contributed by atoms with Crippen molar-refractivity contribution in [1.82, 2.24) is 4.90 Å². The van der Waals surface area contributed by atoms with Gasteiger partial charge in [-0.05, 0) is 35.9 Å². The molecule has 0 aromatic heterocycles. The number of rotatable bonds is 9. The number of anilines is 5. The van der Waals surface area contributed by atoms with E-state index in [1.807, 2.05) is 66.7 Å². The Bertz CT molecular complexity index is 1420. The van der Waals surface area contributed by atoms with Gasteiger partial charge < -0.3 is 30.4 Å². The minimum Gasteiger partial charge on any atom is -0.379 e. The SMILES string of the molecule is N=C(c1ccccc1)C(c1ccc(Nc2ccccc2)c(Nc2ccccc2)c1N1CCOCC1)N1CCOCC1. The molecular weight excluding hydrogens is 510 g/mol. The average Bonchev–Trinajstić information content (AvgIpc) is 3.04. The Kier molecular flexibility index (Phi) is 8.57. The highest BCUT2D eigenvalue weighted by Gasteiger charge is 2.33. The van der Waals surface area contributed by atoms with E-state index >= 15 is 0 Å². The van der Waals surface area contributed by atoms with Crippen molar-refractivity contribution in [2.75, 3.05) is 68.1 Å². The number of hydrogen-bond acceptors (Lipinski definition) is 7. The van der Waals surface area contributed by atoms with Crippen LogP contribution in [0.1, 0.15) is 17.2 Å². The summed E-state index contributed by atoms with van der Waals surface area (Å²) in [5.41, 5.74) is 7.76. The van der Waals surface area contributed by atoms with E-state index in [2.05, 4.69) is 56.8 Å². The van der Waals surface area contributed by atoms with E-state index in [1.165, 1.54) is 0 Å². The topological polar surface area (TPSA) is 72.9 Å². The van der Waals surface area contributed by atoms with Crippen molar-refractivity contribution in [3.05, 3.63) is 114 Å². The smallest absolute Gasteiger partial charge is 0.0864 e. The van der Waals surface area contributed by atoms with E-state index in [4.69, 9.17) is 9.47 Å². The van der Waals surface area contributed by atoms with Crippen LogP contribution < -0.4 is 15.5 Å². The second-order valence-corrected chi connectivity index (χ2v) is 10.3. The first kappa shape index (κ1) is 27.0. The fourth-order valence-electron chi connectivity index (χ4n) is 5.68. The minimum atomic E-state index is -0.235. The van der Waals surface area contributed by atoms with Crippen LogP contribution >= 0.6 is 0 Å². The molecule has 0 amide bonds. The van der Waals surface area contributed by atoms with Gasteiger partial charge in [0, 0.05) is 43.1 Å². The molecule has 2 aliphatic heterocycles. The number of morpholine rings is 2. The molecule has 0 spiro atoms. The molecule has 0 radical (unpaired) electrons. The molecule has 2 heterocycles. The molecule has 0 bridgehead atoms. The molecule has 41 heavy (non-hydrogen) atoms. The summed E-state index contributed by atoms with van der Waals surface area (Å²) >= 11 is 0. The van der Waals surface area contributed by atoms with Gasteiger partial charge >= 0.3 is 0 Å². The molecule has 0 aliphatic carbocycles. The van der Waals surface area contributed by atoms with Crippen LogP contribution in [0.4, 0.5) is 28.4 Å². The van der Waals surface area contributed by atoms with Crippen LogP contribution in [0, 0.1) is 5.41 Å². The van der Waals surface area contributed by atoms with Crippen molar-refractivity contribution in [3.63, 3.8) is 0 Å². The van der Waals surface area contributed by atoms with Gasteiger partial charge in [-0.15, -0.1) is 0 Å². The van der Waals surface area contributed by atoms with Gasteiger partial charge in [-0.25, -0.2) is 0 Å². The van der Waals surface area contributed by atoms with Gasteiger partial charge in [-0.2, -0.15) is 0 Å². The molecule has 1 unspecified atom stereocenters. The van der Waals surface area contributed by atoms with E-state index in [0.717, 1.165) is 65.7 Å². The summed E-state index contributed by atoms with van der Waals surface area (Å²) in [5, 5.41) is 17.0. The van der Waals surface area contributed by atoms with Crippen molar-refractivity contribution < 1.29 is 9.47 Å². The first-order valence-electron chi connectivity index (χ1n) is 14.4. The van der Waals surface area contributed by atoms with E-state index in [0.29, 0.717) is 32.1 Å². The predicted molar refractivity (Wildman–Crippen MR) is 167 cm³/mol. The van der Waals surface area contributed by atoms with Crippen molar-refractivity contribution in [3.8, 4) is 0 Å². The van der Waals surface area contributed by atoms with Crippen molar-refractivity contribution in [1.29, 1.82) is 5.41 Å². The molecule has 1 atom stereocenters. The largest absolute Gasteiger partial charge is 0.379 e. The number of nitrogens with zero attached hydrogens (tertiary/aromatic N) is 2. The molecule has 4 aromatic carbocycles. The molecular formula is C34H37N5O2. The fraction of sp³-hybridized carbons (Fsp3) is 0.265. The highest BCUT2D eigenvalue weighted by Crippen LogP contribution is 2.45. The zero-order chi connectivity index (χ0) is 27.9. The summed E-state index contributed by atoms with van der Waals surface area (Å²) in [4.78, 5) is 4.82. The Morgan fingerprint density at radius 3 is 1.78 bits per heavy atom. The Balaban J connectivity index is 1.54. The molecule has 6 rings (SSSR count). The van der Waals surface area contributed by atoms with Crippen LogP contribution in [0.25, 0.3) is 0 Å². The molecule has 7 nitrogen and oxygen atoms in total. The van der Waals surface area contributed by atoms with Gasteiger partial charge in [-0.1, -0.05) is 72.8 Å². The second-order valence-electron chi connectivity index (χ2n) is 10.3. The quantitative estimate of drug-likeness (QED) is 0.209. The fourth-order valence-corrected chi connectivity index (χ4v) is 5.68. The lowest BCUT2D eigenvalue weighted by Crippen LogP contribution is -2.44. The van der Waals surface area contributed by atoms with Crippen molar-refractivity contribution in [2.24, 2.45) is 0 Å². The summed E-state index contributed by atoms with van der Waals surface area (Å²) in [7, 11) is 0. The Morgan fingerprint density at radius 1 is 0.634 bits per heavy atom. The molecule has 210 valence electrons. The minimum absolute atomic E-state index is 0.235. The third kappa shape index (κ3) is 6.28. The van der Waals surface area contributed by atoms with Crippen LogP contribution in [0.2, 0.25) is 0 Å². The van der Waals surface area contributed by atoms with Crippen LogP contribution in [-0.4, -0.2) is 63.2 Å². The van der Waals surface area contributed by atoms with Crippen LogP contribution in [0.3, 0.4) is 0 Å². The number of para-hydroxylation sites is 2. The van der Waals surface area contributed by atoms with Gasteiger partial charge in [0.25, 0.3) is 0 Å². The molecule has 2 fully saturated rings. The third-order valence-electron chi connectivity index (χ3n) is 7.70. The monoisotopic (exact) mass is 547 g/mol. The van der Waals surface area contributed by atoms with Crippen LogP contribution in [0.15, 0.2) is 103 Å². The van der Waals surface area contributed by atoms with E-state index in [9.17, 15) is 5.41 Å². The highest BCUT2D eigenvalue weighted by molar-refractivity contribution is 6.05. The zero-order valence-corrected chi connectivity index (χ0v) is 23.3. The summed E-state index contributed by atoms with van der Waals surface area (Å²) in [5.74, 6) is 0. The summed E-state index contributed by atoms with van der Waals surface area (Å²) in [6.07, 6.45) is 0. The maximum absolute atomic E-state index is 9.53. The Hall–Kier alpha value is -4.17. The Labute approximate surface area is 242 Å². The number of nitrogens with one attached hydrogen (secondary N) is 3. The van der Waals surface area contributed by atoms with Gasteiger partial charge in [-0.3, -0.25) is 4.90 Å². The first-order chi connectivity index (χ1) is 20.3. The number of benzene rings is 4. The average molecular weight is 548 g/mol. The van der Waals surface area contributed by atoms with E-state index in [-0.39, 0.29) is 6.04 Å². The summed E-state index contributed by atoms with van der Waals surface area (Å²) < 4.78 is 11.5. The van der Waals surface area contributed by atoms with Crippen molar-refractivity contribution in [2.45, 2.75) is 6.04 Å². The van der Waals surface area contributed by atoms with E-state index in [1.54, 1.807) is 0 Å². The zero-order valence-electron chi connectivity index (χ0n) is 23.3. The lowest BCUT2D eigenvalue weighted by atomic mass is 9.91. The lowest BCUT2D eigenvalue weighted by molar-refractivity contribution is 0.0287. The molecule has 4 aromatic rings. The van der Waals surface area contributed by atoms with Crippen LogP contribution in [0.5, 0.6) is 0 Å². The normalized spacial score (nSPS) is 16.6. The molecule has 3 N–H and O–H groups in total. The maximum Gasteiger partial charge on any atom is 0.0864 e. The maximum atomic E-state index is 9.53. The second kappa shape index (κ2) is 13.0. The molecule has 0 saturated carbocycles. The standard InChI is InChI=1S/C34H37N5O2/c35-31(26-10-4-1-5-11-26)33(38-18-22-40-23-19-38)29-16-17-30(36-27-12-6-2-7-13-27)32(37-28-14-8-3-9-15-28)34(29)39-20-24-41-25-21-39/h1-17,33,35-37H,18-25H2. The number of ether oxygens (including phenoxy) is 2. The Morgan fingerprint density at radius 2 is 1.17 bits per heavy atom. The van der Waals surface area contributed by atoms with E-state index < -0.39 is 0 Å². The number of hydrogen-bond donors (Lipinski definition) is 3. The van der Waals surface area contributed by atoms with Gasteiger partial charge in [0.2, 0.25) is 0 Å². The summed E-state index contributed by atoms with van der Waals surface area (Å²) in [6, 6.07) is 34.8. The molecule has 2 aliphatic rings. The first-order valence-corrected chi connectivity index (χ1v) is 14.4. The lowest BCUT2D eigenvalue weighted by Gasteiger charge is -2.40. The van der Waals surface area contributed by atoms with Gasteiger partial charge in [0.05, 0.1) is 55.2 Å². The van der Waals surface area contributed by atoms with Crippen LogP contribution in [-0.2, 0) is 9.47 Å². The van der Waals surface area contributed by atoms with Gasteiger partial charge in [0.1, 0.15) is 0 Å². The highest BCUT2D eigenvalue weighted by atomic mass is 16.5. The molecule has 2 saturated heterocycles. The molecule has 7 heteroatoms. The van der Waals surface area contributed by atoms with Gasteiger partial charge in [0.15, 0.2) is 0 Å².